The number of nitrogens with zero attached hydrogens (tertiary/aromatic N) is 1. The summed E-state index contributed by atoms with van der Waals surface area (Å²) in [4.78, 5) is 15.3. The SMILES string of the molecule is COCCCN1COc2ccc3c(=O)c(Oc4ccc(OC)cc4)c(C)oc3c2C1. The highest BCUT2D eigenvalue weighted by Crippen LogP contribution is 2.34. The van der Waals surface area contributed by atoms with E-state index in [1.807, 2.05) is 6.07 Å². The Morgan fingerprint density at radius 1 is 1.07 bits per heavy atom. The lowest BCUT2D eigenvalue weighted by molar-refractivity contribution is 0.0837. The van der Waals surface area contributed by atoms with Gasteiger partial charge in [-0.05, 0) is 49.7 Å². The van der Waals surface area contributed by atoms with Gasteiger partial charge in [-0.15, -0.1) is 0 Å². The summed E-state index contributed by atoms with van der Waals surface area (Å²) < 4.78 is 28.1. The number of rotatable bonds is 7. The second kappa shape index (κ2) is 8.77. The first kappa shape index (κ1) is 20.3. The molecule has 1 aliphatic heterocycles. The van der Waals surface area contributed by atoms with E-state index in [-0.39, 0.29) is 11.2 Å². The number of benzene rings is 2. The molecule has 0 unspecified atom stereocenters. The van der Waals surface area contributed by atoms with Crippen molar-refractivity contribution in [1.82, 2.24) is 4.90 Å². The van der Waals surface area contributed by atoms with E-state index >= 15 is 0 Å². The van der Waals surface area contributed by atoms with Crippen LogP contribution < -0.4 is 19.6 Å². The zero-order chi connectivity index (χ0) is 21.1. The van der Waals surface area contributed by atoms with Crippen LogP contribution in [-0.4, -0.2) is 39.0 Å². The summed E-state index contributed by atoms with van der Waals surface area (Å²) in [7, 11) is 3.29. The van der Waals surface area contributed by atoms with Crippen LogP contribution in [0.25, 0.3) is 11.0 Å². The van der Waals surface area contributed by atoms with Crippen LogP contribution in [0.3, 0.4) is 0 Å². The van der Waals surface area contributed by atoms with Gasteiger partial charge in [-0.1, -0.05) is 0 Å². The fraction of sp³-hybridized carbons (Fsp3) is 0.348. The smallest absolute Gasteiger partial charge is 0.235 e. The molecule has 30 heavy (non-hydrogen) atoms. The maximum atomic E-state index is 13.2. The van der Waals surface area contributed by atoms with Crippen molar-refractivity contribution >= 4 is 11.0 Å². The third-order valence-corrected chi connectivity index (χ3v) is 5.13. The molecule has 0 saturated carbocycles. The van der Waals surface area contributed by atoms with Gasteiger partial charge in [-0.3, -0.25) is 9.69 Å². The maximum absolute atomic E-state index is 13.2. The third kappa shape index (κ3) is 3.99. The molecule has 158 valence electrons. The summed E-state index contributed by atoms with van der Waals surface area (Å²) >= 11 is 0. The summed E-state index contributed by atoms with van der Waals surface area (Å²) in [6.45, 7) is 4.42. The Kier molecular flexibility index (Phi) is 5.92. The standard InChI is InChI=1S/C23H25NO6/c1-15-22(30-17-7-5-16(27-3)6-8-17)21(25)18-9-10-20-19(23(18)29-15)13-24(14-28-20)11-4-12-26-2/h5-10H,4,11-14H2,1-3H3. The molecule has 0 N–H and O–H groups in total. The van der Waals surface area contributed by atoms with Gasteiger partial charge >= 0.3 is 0 Å². The number of hydrogen-bond acceptors (Lipinski definition) is 7. The van der Waals surface area contributed by atoms with Gasteiger partial charge in [0.1, 0.15) is 35.3 Å². The summed E-state index contributed by atoms with van der Waals surface area (Å²) in [5.74, 6) is 2.61. The highest BCUT2D eigenvalue weighted by atomic mass is 16.5. The number of fused-ring (bicyclic) bond motifs is 3. The summed E-state index contributed by atoms with van der Waals surface area (Å²) in [5, 5.41) is 0.477. The minimum Gasteiger partial charge on any atom is -0.497 e. The quantitative estimate of drug-likeness (QED) is 0.542. The second-order valence-electron chi connectivity index (χ2n) is 7.19. The molecule has 4 rings (SSSR count). The van der Waals surface area contributed by atoms with Crippen LogP contribution in [0.4, 0.5) is 0 Å². The molecule has 3 aromatic rings. The Labute approximate surface area is 174 Å². The van der Waals surface area contributed by atoms with Crippen molar-refractivity contribution in [2.75, 3.05) is 34.1 Å². The van der Waals surface area contributed by atoms with E-state index in [0.29, 0.717) is 48.1 Å². The van der Waals surface area contributed by atoms with E-state index in [9.17, 15) is 4.79 Å². The lowest BCUT2D eigenvalue weighted by Gasteiger charge is -2.29. The molecule has 0 saturated heterocycles. The fourth-order valence-electron chi connectivity index (χ4n) is 3.56. The second-order valence-corrected chi connectivity index (χ2v) is 7.19. The van der Waals surface area contributed by atoms with Crippen LogP contribution in [0.15, 0.2) is 45.6 Å². The molecule has 0 bridgehead atoms. The van der Waals surface area contributed by atoms with Crippen LogP contribution in [0.5, 0.6) is 23.0 Å². The van der Waals surface area contributed by atoms with Crippen LogP contribution >= 0.6 is 0 Å². The topological polar surface area (TPSA) is 70.4 Å². The molecule has 0 spiro atoms. The van der Waals surface area contributed by atoms with Gasteiger partial charge in [0.05, 0.1) is 18.1 Å². The van der Waals surface area contributed by atoms with Crippen LogP contribution in [-0.2, 0) is 11.3 Å². The Morgan fingerprint density at radius 2 is 1.83 bits per heavy atom. The van der Waals surface area contributed by atoms with Crippen molar-refractivity contribution in [2.24, 2.45) is 0 Å². The van der Waals surface area contributed by atoms with Gasteiger partial charge in [0, 0.05) is 26.8 Å². The summed E-state index contributed by atoms with van der Waals surface area (Å²) in [6, 6.07) is 10.6. The first-order chi connectivity index (χ1) is 14.6. The van der Waals surface area contributed by atoms with Gasteiger partial charge in [0.25, 0.3) is 0 Å². The van der Waals surface area contributed by atoms with Gasteiger partial charge in [-0.2, -0.15) is 0 Å². The normalized spacial score (nSPS) is 13.7. The Morgan fingerprint density at radius 3 is 2.57 bits per heavy atom. The van der Waals surface area contributed by atoms with Crippen LogP contribution in [0, 0.1) is 6.92 Å². The van der Waals surface area contributed by atoms with E-state index in [4.69, 9.17) is 23.4 Å². The van der Waals surface area contributed by atoms with Crippen LogP contribution in [0.1, 0.15) is 17.7 Å². The van der Waals surface area contributed by atoms with Crippen molar-refractivity contribution < 1.29 is 23.4 Å². The summed E-state index contributed by atoms with van der Waals surface area (Å²) in [6.07, 6.45) is 0.906. The molecule has 2 heterocycles. The number of methoxy groups -OCH3 is 2. The highest BCUT2D eigenvalue weighted by molar-refractivity contribution is 5.83. The van der Waals surface area contributed by atoms with Crippen molar-refractivity contribution in [1.29, 1.82) is 0 Å². The van der Waals surface area contributed by atoms with Gasteiger partial charge in [0.2, 0.25) is 11.2 Å². The molecule has 1 aromatic heterocycles. The molecule has 0 radical (unpaired) electrons. The van der Waals surface area contributed by atoms with E-state index < -0.39 is 0 Å². The zero-order valence-corrected chi connectivity index (χ0v) is 17.4. The van der Waals surface area contributed by atoms with Crippen molar-refractivity contribution in [3.05, 3.63) is 57.9 Å². The van der Waals surface area contributed by atoms with E-state index in [1.165, 1.54) is 0 Å². The van der Waals surface area contributed by atoms with E-state index in [1.54, 1.807) is 51.5 Å². The lowest BCUT2D eigenvalue weighted by atomic mass is 10.1. The monoisotopic (exact) mass is 411 g/mol. The van der Waals surface area contributed by atoms with Crippen LogP contribution in [0.2, 0.25) is 0 Å². The number of ether oxygens (including phenoxy) is 4. The molecule has 7 nitrogen and oxygen atoms in total. The Bertz CT molecular complexity index is 1090. The molecular formula is C23H25NO6. The zero-order valence-electron chi connectivity index (χ0n) is 17.4. The molecule has 0 amide bonds. The van der Waals surface area contributed by atoms with Crippen molar-refractivity contribution in [2.45, 2.75) is 19.9 Å². The molecular weight excluding hydrogens is 386 g/mol. The maximum Gasteiger partial charge on any atom is 0.235 e. The molecule has 0 atom stereocenters. The molecule has 2 aromatic carbocycles. The average molecular weight is 411 g/mol. The predicted molar refractivity (Wildman–Crippen MR) is 113 cm³/mol. The van der Waals surface area contributed by atoms with Gasteiger partial charge in [-0.25, -0.2) is 0 Å². The predicted octanol–water partition coefficient (Wildman–Crippen LogP) is 4.09. The Balaban J connectivity index is 1.67. The third-order valence-electron chi connectivity index (χ3n) is 5.13. The van der Waals surface area contributed by atoms with Crippen molar-refractivity contribution in [3.63, 3.8) is 0 Å². The number of hydrogen-bond donors (Lipinski definition) is 0. The first-order valence-electron chi connectivity index (χ1n) is 9.86. The molecule has 0 aliphatic carbocycles. The number of aryl methyl sites for hydroxylation is 1. The largest absolute Gasteiger partial charge is 0.497 e. The van der Waals surface area contributed by atoms with Gasteiger partial charge < -0.3 is 23.4 Å². The minimum atomic E-state index is -0.205. The molecule has 1 aliphatic rings. The van der Waals surface area contributed by atoms with E-state index in [2.05, 4.69) is 4.90 Å². The first-order valence-corrected chi connectivity index (χ1v) is 9.86. The highest BCUT2D eigenvalue weighted by Gasteiger charge is 2.24. The molecule has 0 fully saturated rings. The molecule has 7 heteroatoms. The van der Waals surface area contributed by atoms with Crippen molar-refractivity contribution in [3.8, 4) is 23.0 Å². The summed E-state index contributed by atoms with van der Waals surface area (Å²) in [5.41, 5.74) is 1.23. The minimum absolute atomic E-state index is 0.182. The fourth-order valence-corrected chi connectivity index (χ4v) is 3.56. The average Bonchev–Trinajstić information content (AvgIpc) is 2.77. The lowest BCUT2D eigenvalue weighted by Crippen LogP contribution is -2.33. The van der Waals surface area contributed by atoms with E-state index in [0.717, 1.165) is 24.3 Å². The van der Waals surface area contributed by atoms with Gasteiger partial charge in [0.15, 0.2) is 0 Å². The Hall–Kier alpha value is -3.03.